The monoisotopic (exact) mass is 587 g/mol. The third kappa shape index (κ3) is 8.38. The number of halogens is 2. The van der Waals surface area contributed by atoms with Gasteiger partial charge in [-0.15, -0.1) is 24.8 Å². The Kier molecular flexibility index (Phi) is 12.2. The van der Waals surface area contributed by atoms with E-state index in [9.17, 15) is 0 Å². The lowest BCUT2D eigenvalue weighted by Gasteiger charge is -2.32. The smallest absolute Gasteiger partial charge is 0.175 e. The maximum atomic E-state index is 6.36. The van der Waals surface area contributed by atoms with E-state index in [1.165, 1.54) is 31.5 Å². The van der Waals surface area contributed by atoms with Crippen LogP contribution in [0.15, 0.2) is 47.0 Å². The van der Waals surface area contributed by atoms with Crippen LogP contribution in [0.25, 0.3) is 11.0 Å². The first kappa shape index (κ1) is 32.2. The first-order valence-corrected chi connectivity index (χ1v) is 14.0. The molecule has 1 aliphatic carbocycles. The average molecular weight is 589 g/mol. The molecule has 0 radical (unpaired) electrons. The number of benzene rings is 2. The summed E-state index contributed by atoms with van der Waals surface area (Å²) < 4.78 is 17.4. The van der Waals surface area contributed by atoms with Crippen molar-refractivity contribution in [1.82, 2.24) is 15.0 Å². The summed E-state index contributed by atoms with van der Waals surface area (Å²) in [6.45, 7) is 5.20. The number of ether oxygens (including phenoxy) is 2. The van der Waals surface area contributed by atoms with Crippen molar-refractivity contribution in [3.63, 3.8) is 0 Å². The molecule has 2 aliphatic rings. The quantitative estimate of drug-likeness (QED) is 0.242. The fraction of sp³-hybridized carbons (Fsp3) is 0.531. The highest BCUT2D eigenvalue weighted by Crippen LogP contribution is 2.46. The van der Waals surface area contributed by atoms with Gasteiger partial charge in [0.25, 0.3) is 0 Å². The first-order chi connectivity index (χ1) is 18.5. The van der Waals surface area contributed by atoms with Crippen molar-refractivity contribution >= 4 is 35.8 Å². The molecule has 0 bridgehead atoms. The Labute approximate surface area is 251 Å². The van der Waals surface area contributed by atoms with Crippen molar-refractivity contribution in [3.05, 3.63) is 59.3 Å². The summed E-state index contributed by atoms with van der Waals surface area (Å²) in [6, 6.07) is 15.0. The van der Waals surface area contributed by atoms with E-state index >= 15 is 0 Å². The molecule has 218 valence electrons. The van der Waals surface area contributed by atoms with Crippen LogP contribution < -0.4 is 4.74 Å². The Morgan fingerprint density at radius 2 is 1.82 bits per heavy atom. The van der Waals surface area contributed by atoms with Gasteiger partial charge in [0.05, 0.1) is 16.7 Å². The number of aryl methyl sites for hydroxylation is 1. The molecule has 0 atom stereocenters. The minimum Gasteiger partial charge on any atom is -0.492 e. The van der Waals surface area contributed by atoms with E-state index in [-0.39, 0.29) is 30.2 Å². The molecule has 2 aromatic carbocycles. The van der Waals surface area contributed by atoms with E-state index in [1.54, 1.807) is 7.11 Å². The Balaban J connectivity index is 0.00000220. The van der Waals surface area contributed by atoms with E-state index in [2.05, 4.69) is 83.4 Å². The van der Waals surface area contributed by atoms with Crippen molar-refractivity contribution in [2.24, 2.45) is 11.3 Å². The zero-order chi connectivity index (χ0) is 26.4. The van der Waals surface area contributed by atoms with Gasteiger partial charge >= 0.3 is 0 Å². The molecule has 5 rings (SSSR count). The number of hydrogen-bond acceptors (Lipinski definition) is 6. The molecular formula is C32H43Cl2N3O3. The molecule has 1 aromatic heterocycles. The summed E-state index contributed by atoms with van der Waals surface area (Å²) in [5, 5.41) is 5.66. The second-order valence-electron chi connectivity index (χ2n) is 11.3. The number of hydrogen-bond donors (Lipinski definition) is 0. The Bertz CT molecular complexity index is 1260. The van der Waals surface area contributed by atoms with Crippen molar-refractivity contribution in [2.75, 3.05) is 47.5 Å². The second-order valence-corrected chi connectivity index (χ2v) is 11.3. The van der Waals surface area contributed by atoms with E-state index < -0.39 is 0 Å². The molecule has 1 aliphatic heterocycles. The van der Waals surface area contributed by atoms with Crippen LogP contribution >= 0.6 is 24.8 Å². The largest absolute Gasteiger partial charge is 0.492 e. The number of nitrogens with zero attached hydrogens (tertiary/aromatic N) is 3. The first-order valence-electron chi connectivity index (χ1n) is 14.0. The second kappa shape index (κ2) is 15.1. The van der Waals surface area contributed by atoms with E-state index in [4.69, 9.17) is 14.0 Å². The number of piperidine rings is 1. The lowest BCUT2D eigenvalue weighted by molar-refractivity contribution is 0.172. The Morgan fingerprint density at radius 3 is 2.50 bits per heavy atom. The van der Waals surface area contributed by atoms with Gasteiger partial charge in [-0.2, -0.15) is 0 Å². The molecule has 2 heterocycles. The lowest BCUT2D eigenvalue weighted by Crippen LogP contribution is -2.33. The molecule has 0 unspecified atom stereocenters. The maximum absolute atomic E-state index is 6.36. The van der Waals surface area contributed by atoms with Crippen LogP contribution in [0.1, 0.15) is 48.9 Å². The maximum Gasteiger partial charge on any atom is 0.175 e. The van der Waals surface area contributed by atoms with Gasteiger partial charge in [0.1, 0.15) is 19.0 Å². The zero-order valence-electron chi connectivity index (χ0n) is 24.0. The Hall–Kier alpha value is -2.27. The van der Waals surface area contributed by atoms with Gasteiger partial charge in [0.15, 0.2) is 5.58 Å². The fourth-order valence-electron chi connectivity index (χ4n) is 5.46. The summed E-state index contributed by atoms with van der Waals surface area (Å²) in [4.78, 5) is 4.74. The summed E-state index contributed by atoms with van der Waals surface area (Å²) in [7, 11) is 5.82. The highest BCUT2D eigenvalue weighted by Gasteiger charge is 2.42. The van der Waals surface area contributed by atoms with E-state index in [1.807, 2.05) is 0 Å². The average Bonchev–Trinajstić information content (AvgIpc) is 3.57. The van der Waals surface area contributed by atoms with Gasteiger partial charge in [-0.05, 0) is 89.3 Å². The minimum absolute atomic E-state index is 0. The van der Waals surface area contributed by atoms with Crippen LogP contribution in [0.2, 0.25) is 0 Å². The highest BCUT2D eigenvalue weighted by atomic mass is 35.5. The topological polar surface area (TPSA) is 51.0 Å². The van der Waals surface area contributed by atoms with Gasteiger partial charge in [-0.1, -0.05) is 47.3 Å². The highest BCUT2D eigenvalue weighted by molar-refractivity contribution is 5.86. The van der Waals surface area contributed by atoms with E-state index in [0.717, 1.165) is 72.7 Å². The third-order valence-electron chi connectivity index (χ3n) is 7.92. The van der Waals surface area contributed by atoms with Gasteiger partial charge in [0, 0.05) is 25.6 Å². The summed E-state index contributed by atoms with van der Waals surface area (Å²) in [6.07, 6.45) is 6.77. The lowest BCUT2D eigenvalue weighted by atomic mass is 9.91. The number of likely N-dealkylation sites (tertiary alicyclic amines) is 1. The number of fused-ring (bicyclic) bond motifs is 1. The predicted octanol–water partition coefficient (Wildman–Crippen LogP) is 6.39. The van der Waals surface area contributed by atoms with Crippen molar-refractivity contribution in [2.45, 2.75) is 51.6 Å². The molecule has 1 saturated carbocycles. The summed E-state index contributed by atoms with van der Waals surface area (Å²) >= 11 is 0. The summed E-state index contributed by atoms with van der Waals surface area (Å²) in [5.74, 6) is 8.09. The van der Waals surface area contributed by atoms with Gasteiger partial charge in [0.2, 0.25) is 0 Å². The van der Waals surface area contributed by atoms with Gasteiger partial charge < -0.3 is 18.9 Å². The third-order valence-corrected chi connectivity index (χ3v) is 7.92. The zero-order valence-corrected chi connectivity index (χ0v) is 25.6. The molecule has 2 fully saturated rings. The molecule has 40 heavy (non-hydrogen) atoms. The normalized spacial score (nSPS) is 16.6. The standard InChI is InChI=1S/C32H41N3O3.2ClH/c1-34(2)23-28-30(37-24-32(17-18-32)16-7-21-36-3)13-11-27-29(33-38-31(27)28)12-10-25-14-19-35(20-15-25)22-26-8-5-4-6-9-26;;/h4-6,8-9,11,13,25H,10,12,14-15,17-24H2,1-3H3;2*1H. The molecule has 3 aromatic rings. The van der Waals surface area contributed by atoms with Crippen molar-refractivity contribution < 1.29 is 14.0 Å². The van der Waals surface area contributed by atoms with Crippen LogP contribution in [0, 0.1) is 23.2 Å². The van der Waals surface area contributed by atoms with Crippen LogP contribution in [-0.4, -0.2) is 62.5 Å². The Morgan fingerprint density at radius 1 is 1.07 bits per heavy atom. The van der Waals surface area contributed by atoms with E-state index in [0.29, 0.717) is 13.2 Å². The minimum atomic E-state index is -0.0356. The van der Waals surface area contributed by atoms with Crippen LogP contribution in [0.5, 0.6) is 5.75 Å². The molecule has 0 amide bonds. The number of aromatic nitrogens is 1. The molecule has 0 N–H and O–H groups in total. The molecule has 6 nitrogen and oxygen atoms in total. The fourth-order valence-corrected chi connectivity index (χ4v) is 5.46. The van der Waals surface area contributed by atoms with Crippen molar-refractivity contribution in [3.8, 4) is 17.6 Å². The van der Waals surface area contributed by atoms with Crippen LogP contribution in [0.3, 0.4) is 0 Å². The van der Waals surface area contributed by atoms with Crippen molar-refractivity contribution in [1.29, 1.82) is 0 Å². The molecule has 8 heteroatoms. The van der Waals surface area contributed by atoms with Crippen LogP contribution in [0.4, 0.5) is 0 Å². The molecule has 1 saturated heterocycles. The number of rotatable bonds is 11. The van der Waals surface area contributed by atoms with Gasteiger partial charge in [-0.25, -0.2) is 0 Å². The SMILES string of the molecule is COCC#CC1(COc2ccc3c(CCC4CCN(Cc5ccccc5)CC4)noc3c2CN(C)C)CC1.Cl.Cl. The molecule has 0 spiro atoms. The van der Waals surface area contributed by atoms with Gasteiger partial charge in [-0.3, -0.25) is 4.90 Å². The summed E-state index contributed by atoms with van der Waals surface area (Å²) in [5.41, 5.74) is 4.37. The predicted molar refractivity (Wildman–Crippen MR) is 165 cm³/mol. The molecular weight excluding hydrogens is 545 g/mol. The van der Waals surface area contributed by atoms with Crippen LogP contribution in [-0.2, 0) is 24.2 Å². The number of methoxy groups -OCH3 is 1.